The van der Waals surface area contributed by atoms with E-state index in [0.29, 0.717) is 0 Å². The third kappa shape index (κ3) is 113. The van der Waals surface area contributed by atoms with Crippen LogP contribution in [0.2, 0.25) is 0 Å². The van der Waals surface area contributed by atoms with Crippen LogP contribution in [0, 0.1) is 0 Å². The highest BCUT2D eigenvalue weighted by molar-refractivity contribution is 5.64. The van der Waals surface area contributed by atoms with E-state index in [1.54, 1.807) is 26.8 Å². The lowest BCUT2D eigenvalue weighted by Gasteiger charge is -1.80. The molecule has 0 fully saturated rings. The van der Waals surface area contributed by atoms with Crippen molar-refractivity contribution in [1.82, 2.24) is 0 Å². The molecule has 0 aliphatic heterocycles. The number of rotatable bonds is 1. The molecule has 0 aromatic heterocycles. The predicted octanol–water partition coefficient (Wildman–Crippen LogP) is 1.15. The summed E-state index contributed by atoms with van der Waals surface area (Å²) in [6.07, 6.45) is 3.72. The molecule has 0 atom stereocenters. The molecule has 0 aromatic rings. The molecule has 0 heterocycles. The number of hydrogen-bond acceptors (Lipinski definition) is 2. The van der Waals surface area contributed by atoms with E-state index in [9.17, 15) is 4.79 Å². The van der Waals surface area contributed by atoms with Crippen LogP contribution in [0.5, 0.6) is 0 Å². The van der Waals surface area contributed by atoms with Gasteiger partial charge in [-0.05, 0) is 26.8 Å². The second-order valence-corrected chi connectivity index (χ2v) is 1.76. The van der Waals surface area contributed by atoms with Crippen molar-refractivity contribution in [3.8, 4) is 0 Å². The number of carbonyl (C=O) groups excluding carboxylic acids is 1. The van der Waals surface area contributed by atoms with Crippen LogP contribution in [0.4, 0.5) is 0 Å². The van der Waals surface area contributed by atoms with Gasteiger partial charge >= 0.3 is 0 Å². The van der Waals surface area contributed by atoms with Crippen LogP contribution in [0.15, 0.2) is 12.2 Å². The van der Waals surface area contributed by atoms with Gasteiger partial charge in [0.25, 0.3) is 0 Å². The SMILES string of the molecule is C/C=C/C=O.CC(C)O. The number of aliphatic hydroxyl groups is 1. The molecule has 0 aliphatic carbocycles. The lowest BCUT2D eigenvalue weighted by Crippen LogP contribution is -1.85. The molecular weight excluding hydrogens is 116 g/mol. The summed E-state index contributed by atoms with van der Waals surface area (Å²) >= 11 is 0. The average Bonchev–Trinajstić information content (AvgIpc) is 1.66. The Kier molecular flexibility index (Phi) is 12.9. The van der Waals surface area contributed by atoms with Gasteiger partial charge in [0.1, 0.15) is 6.29 Å². The summed E-state index contributed by atoms with van der Waals surface area (Å²) in [6.45, 7) is 5.24. The summed E-state index contributed by atoms with van der Waals surface area (Å²) in [5.74, 6) is 0. The minimum atomic E-state index is -0.167. The molecule has 0 saturated heterocycles. The van der Waals surface area contributed by atoms with E-state index in [4.69, 9.17) is 5.11 Å². The summed E-state index contributed by atoms with van der Waals surface area (Å²) in [5.41, 5.74) is 0. The van der Waals surface area contributed by atoms with Crippen LogP contribution >= 0.6 is 0 Å². The van der Waals surface area contributed by atoms with Crippen LogP contribution in [0.3, 0.4) is 0 Å². The maximum atomic E-state index is 9.32. The van der Waals surface area contributed by atoms with E-state index < -0.39 is 0 Å². The fraction of sp³-hybridized carbons (Fsp3) is 0.571. The van der Waals surface area contributed by atoms with E-state index >= 15 is 0 Å². The minimum absolute atomic E-state index is 0.167. The van der Waals surface area contributed by atoms with Crippen LogP contribution in [0.1, 0.15) is 20.8 Å². The van der Waals surface area contributed by atoms with Gasteiger partial charge < -0.3 is 5.11 Å². The van der Waals surface area contributed by atoms with Crippen molar-refractivity contribution in [3.05, 3.63) is 12.2 Å². The van der Waals surface area contributed by atoms with E-state index in [0.717, 1.165) is 6.29 Å². The van der Waals surface area contributed by atoms with E-state index in [-0.39, 0.29) is 6.10 Å². The molecule has 0 bridgehead atoms. The summed E-state index contributed by atoms with van der Waals surface area (Å²) in [7, 11) is 0. The Morgan fingerprint density at radius 3 is 1.78 bits per heavy atom. The highest BCUT2D eigenvalue weighted by Gasteiger charge is 1.69. The highest BCUT2D eigenvalue weighted by Crippen LogP contribution is 1.65. The Hall–Kier alpha value is -0.630. The molecule has 2 nitrogen and oxygen atoms in total. The Labute approximate surface area is 56.2 Å². The first-order chi connectivity index (χ1) is 4.15. The summed E-state index contributed by atoms with van der Waals surface area (Å²) < 4.78 is 0. The Balaban J connectivity index is 0. The monoisotopic (exact) mass is 130 g/mol. The molecule has 0 amide bonds. The maximum absolute atomic E-state index is 9.32. The Morgan fingerprint density at radius 1 is 1.44 bits per heavy atom. The van der Waals surface area contributed by atoms with Gasteiger partial charge in [-0.25, -0.2) is 0 Å². The molecule has 2 heteroatoms. The van der Waals surface area contributed by atoms with Gasteiger partial charge in [-0.3, -0.25) is 4.79 Å². The fourth-order valence-corrected chi connectivity index (χ4v) is 0.0786. The molecule has 0 unspecified atom stereocenters. The van der Waals surface area contributed by atoms with Crippen molar-refractivity contribution in [2.45, 2.75) is 26.9 Å². The van der Waals surface area contributed by atoms with Crippen molar-refractivity contribution < 1.29 is 9.90 Å². The lowest BCUT2D eigenvalue weighted by atomic mass is 10.5. The standard InChI is InChI=1S/C4H6O.C3H8O/c1-2-3-4-5;1-3(2)4/h2-4H,1H3;3-4H,1-2H3/b3-2+;. The van der Waals surface area contributed by atoms with Gasteiger partial charge in [-0.1, -0.05) is 6.08 Å². The average molecular weight is 130 g/mol. The molecule has 0 saturated carbocycles. The first-order valence-corrected chi connectivity index (χ1v) is 2.89. The quantitative estimate of drug-likeness (QED) is 0.427. The van der Waals surface area contributed by atoms with Crippen LogP contribution in [-0.2, 0) is 4.79 Å². The van der Waals surface area contributed by atoms with Gasteiger partial charge in [-0.15, -0.1) is 0 Å². The molecule has 9 heavy (non-hydrogen) atoms. The minimum Gasteiger partial charge on any atom is -0.394 e. The van der Waals surface area contributed by atoms with Crippen LogP contribution in [-0.4, -0.2) is 17.5 Å². The van der Waals surface area contributed by atoms with Gasteiger partial charge in [-0.2, -0.15) is 0 Å². The Morgan fingerprint density at radius 2 is 1.78 bits per heavy atom. The smallest absolute Gasteiger partial charge is 0.142 e. The number of carbonyl (C=O) groups is 1. The number of allylic oxidation sites excluding steroid dienone is 2. The summed E-state index contributed by atoms with van der Waals surface area (Å²) in [4.78, 5) is 9.32. The van der Waals surface area contributed by atoms with Crippen LogP contribution in [0.25, 0.3) is 0 Å². The molecule has 0 radical (unpaired) electrons. The first kappa shape index (κ1) is 11.2. The van der Waals surface area contributed by atoms with Crippen LogP contribution < -0.4 is 0 Å². The van der Waals surface area contributed by atoms with Crippen molar-refractivity contribution >= 4 is 6.29 Å². The molecule has 0 aliphatic rings. The third-order valence-electron chi connectivity index (χ3n) is 0.271. The normalized spacial score (nSPS) is 9.00. The molecule has 1 N–H and O–H groups in total. The topological polar surface area (TPSA) is 37.3 Å². The van der Waals surface area contributed by atoms with Gasteiger partial charge in [0.2, 0.25) is 0 Å². The predicted molar refractivity (Wildman–Crippen MR) is 38.2 cm³/mol. The highest BCUT2D eigenvalue weighted by atomic mass is 16.3. The lowest BCUT2D eigenvalue weighted by molar-refractivity contribution is -0.104. The van der Waals surface area contributed by atoms with Gasteiger partial charge in [0, 0.05) is 6.10 Å². The zero-order valence-corrected chi connectivity index (χ0v) is 6.16. The summed E-state index contributed by atoms with van der Waals surface area (Å²) in [5, 5.41) is 8.06. The first-order valence-electron chi connectivity index (χ1n) is 2.89. The van der Waals surface area contributed by atoms with Gasteiger partial charge in [0.15, 0.2) is 0 Å². The summed E-state index contributed by atoms with van der Waals surface area (Å²) in [6, 6.07) is 0. The zero-order chi connectivity index (χ0) is 7.70. The molecule has 0 spiro atoms. The van der Waals surface area contributed by atoms with Crippen molar-refractivity contribution in [2.75, 3.05) is 0 Å². The maximum Gasteiger partial charge on any atom is 0.142 e. The van der Waals surface area contributed by atoms with Crippen molar-refractivity contribution in [3.63, 3.8) is 0 Å². The fourth-order valence-electron chi connectivity index (χ4n) is 0.0786. The third-order valence-corrected chi connectivity index (χ3v) is 0.271. The Bertz CT molecular complexity index is 72.2. The molecular formula is C7H14O2. The molecule has 0 aromatic carbocycles. The number of aliphatic hydroxyl groups excluding tert-OH is 1. The largest absolute Gasteiger partial charge is 0.394 e. The van der Waals surface area contributed by atoms with E-state index in [1.165, 1.54) is 6.08 Å². The number of aldehydes is 1. The van der Waals surface area contributed by atoms with E-state index in [2.05, 4.69) is 0 Å². The van der Waals surface area contributed by atoms with Gasteiger partial charge in [0.05, 0.1) is 0 Å². The zero-order valence-electron chi connectivity index (χ0n) is 6.16. The number of hydrogen-bond donors (Lipinski definition) is 1. The van der Waals surface area contributed by atoms with Crippen molar-refractivity contribution in [2.24, 2.45) is 0 Å². The molecule has 54 valence electrons. The van der Waals surface area contributed by atoms with Crippen molar-refractivity contribution in [1.29, 1.82) is 0 Å². The van der Waals surface area contributed by atoms with E-state index in [1.807, 2.05) is 0 Å². The second-order valence-electron chi connectivity index (χ2n) is 1.76. The second kappa shape index (κ2) is 10.4. The molecule has 0 rings (SSSR count).